The highest BCUT2D eigenvalue weighted by Crippen LogP contribution is 2.38. The Kier molecular flexibility index (Phi) is 4.32. The summed E-state index contributed by atoms with van der Waals surface area (Å²) in [5, 5.41) is 13.4. The van der Waals surface area contributed by atoms with Crippen LogP contribution < -0.4 is 0 Å². The lowest BCUT2D eigenvalue weighted by molar-refractivity contribution is -0.298. The van der Waals surface area contributed by atoms with Crippen molar-refractivity contribution in [3.05, 3.63) is 35.4 Å². The summed E-state index contributed by atoms with van der Waals surface area (Å²) in [6.07, 6.45) is 6.07. The molecule has 22 heavy (non-hydrogen) atoms. The zero-order valence-electron chi connectivity index (χ0n) is 13.6. The average Bonchev–Trinajstić information content (AvgIpc) is 2.44. The second-order valence-electron chi connectivity index (χ2n) is 7.08. The highest BCUT2D eigenvalue weighted by Gasteiger charge is 2.47. The van der Waals surface area contributed by atoms with E-state index in [0.717, 1.165) is 10.6 Å². The van der Waals surface area contributed by atoms with Gasteiger partial charge in [-0.15, -0.1) is 16.7 Å². The first-order valence-electron chi connectivity index (χ1n) is 7.41. The molecule has 0 atom stereocenters. The number of hydrogen-bond acceptors (Lipinski definition) is 3. The largest absolute Gasteiger partial charge is 0.459 e. The lowest BCUT2D eigenvalue weighted by atomic mass is 9.80. The van der Waals surface area contributed by atoms with E-state index in [-0.39, 0.29) is 12.1 Å². The molecule has 0 unspecified atom stereocenters. The molecule has 0 aromatic heterocycles. The smallest absolute Gasteiger partial charge is 0.338 e. The Balaban J connectivity index is 2.10. The third kappa shape index (κ3) is 3.32. The van der Waals surface area contributed by atoms with Gasteiger partial charge < -0.3 is 4.74 Å². The average molecular weight is 300 g/mol. The Morgan fingerprint density at radius 3 is 2.14 bits per heavy atom. The van der Waals surface area contributed by atoms with Crippen LogP contribution in [0.2, 0.25) is 0 Å². The van der Waals surface area contributed by atoms with Crippen molar-refractivity contribution < 1.29 is 14.7 Å². The number of benzene rings is 1. The van der Waals surface area contributed by atoms with Crippen LogP contribution in [0.25, 0.3) is 0 Å². The number of ether oxygens (including phenoxy) is 1. The topological polar surface area (TPSA) is 49.4 Å². The van der Waals surface area contributed by atoms with Gasteiger partial charge in [-0.05, 0) is 52.0 Å². The first kappa shape index (κ1) is 16.5. The molecule has 1 aromatic carbocycles. The van der Waals surface area contributed by atoms with E-state index in [1.54, 1.807) is 24.3 Å². The summed E-state index contributed by atoms with van der Waals surface area (Å²) in [6, 6.07) is 6.75. The third-order valence-electron chi connectivity index (χ3n) is 4.11. The van der Waals surface area contributed by atoms with Gasteiger partial charge in [-0.3, -0.25) is 0 Å². The number of hydrogen-bond donors (Lipinski definition) is 0. The van der Waals surface area contributed by atoms with Crippen LogP contribution in [-0.4, -0.2) is 28.2 Å². The van der Waals surface area contributed by atoms with Crippen LogP contribution in [0, 0.1) is 12.3 Å². The monoisotopic (exact) mass is 300 g/mol. The molecule has 1 aromatic rings. The maximum atomic E-state index is 12.3. The lowest BCUT2D eigenvalue weighted by Crippen LogP contribution is -2.60. The fraction of sp³-hybridized carbons (Fsp3) is 0.500. The van der Waals surface area contributed by atoms with Gasteiger partial charge in [0.1, 0.15) is 6.10 Å². The maximum absolute atomic E-state index is 12.3. The van der Waals surface area contributed by atoms with Crippen molar-refractivity contribution in [2.24, 2.45) is 0 Å². The van der Waals surface area contributed by atoms with Gasteiger partial charge in [0, 0.05) is 29.5 Å². The van der Waals surface area contributed by atoms with Crippen molar-refractivity contribution in [1.29, 1.82) is 0 Å². The van der Waals surface area contributed by atoms with Gasteiger partial charge in [0.05, 0.1) is 5.56 Å². The number of nitrogens with zero attached hydrogens (tertiary/aromatic N) is 1. The minimum Gasteiger partial charge on any atom is -0.459 e. The second kappa shape index (κ2) is 5.75. The number of hydroxylamine groups is 2. The van der Waals surface area contributed by atoms with E-state index < -0.39 is 11.1 Å². The normalized spacial score (nSPS) is 21.1. The minimum absolute atomic E-state index is 0.269. The number of carbonyl (C=O) groups is 1. The molecule has 0 aliphatic carbocycles. The van der Waals surface area contributed by atoms with Crippen molar-refractivity contribution in [2.75, 3.05) is 0 Å². The molecule has 0 saturated carbocycles. The van der Waals surface area contributed by atoms with Gasteiger partial charge >= 0.3 is 5.97 Å². The van der Waals surface area contributed by atoms with Crippen molar-refractivity contribution >= 4 is 5.97 Å². The van der Waals surface area contributed by atoms with Crippen LogP contribution >= 0.6 is 0 Å². The molecule has 1 saturated heterocycles. The molecule has 1 aliphatic rings. The molecule has 0 amide bonds. The summed E-state index contributed by atoms with van der Waals surface area (Å²) in [7, 11) is 0. The maximum Gasteiger partial charge on any atom is 0.338 e. The van der Waals surface area contributed by atoms with E-state index in [0.29, 0.717) is 18.4 Å². The van der Waals surface area contributed by atoms with Crippen LogP contribution in [-0.2, 0) is 9.94 Å². The molecule has 1 fully saturated rings. The number of esters is 1. The summed E-state index contributed by atoms with van der Waals surface area (Å²) in [5.41, 5.74) is 0.0812. The quantitative estimate of drug-likeness (QED) is 0.622. The fourth-order valence-corrected chi connectivity index (χ4v) is 3.18. The van der Waals surface area contributed by atoms with Gasteiger partial charge in [-0.2, -0.15) is 0 Å². The summed E-state index contributed by atoms with van der Waals surface area (Å²) < 4.78 is 5.61. The van der Waals surface area contributed by atoms with Gasteiger partial charge in [0.15, 0.2) is 0 Å². The van der Waals surface area contributed by atoms with Gasteiger partial charge in [-0.1, -0.05) is 5.92 Å². The molecule has 2 rings (SSSR count). The number of carbonyl (C=O) groups excluding carboxylic acids is 1. The van der Waals surface area contributed by atoms with Crippen molar-refractivity contribution in [3.8, 4) is 12.3 Å². The highest BCUT2D eigenvalue weighted by atomic mass is 16.5. The molecule has 4 nitrogen and oxygen atoms in total. The van der Waals surface area contributed by atoms with Crippen molar-refractivity contribution in [3.63, 3.8) is 0 Å². The summed E-state index contributed by atoms with van der Waals surface area (Å²) >= 11 is 0. The van der Waals surface area contributed by atoms with E-state index in [1.807, 2.05) is 27.7 Å². The summed E-state index contributed by atoms with van der Waals surface area (Å²) in [5.74, 6) is 2.13. The lowest BCUT2D eigenvalue weighted by Gasteiger charge is -2.49. The van der Waals surface area contributed by atoms with E-state index in [1.165, 1.54) is 0 Å². The minimum atomic E-state index is -0.556. The standard InChI is InChI=1S/C18H22NO3/c1-6-13-7-9-14(10-8-13)16(20)22-15-11-17(2,3)19(21)18(4,5)12-15/h1,7-10,15H,11-12H2,2-5H3. The second-order valence-corrected chi connectivity index (χ2v) is 7.08. The van der Waals surface area contributed by atoms with Crippen LogP contribution in [0.15, 0.2) is 24.3 Å². The molecule has 0 spiro atoms. The Hall–Kier alpha value is -1.83. The van der Waals surface area contributed by atoms with E-state index >= 15 is 0 Å². The molecular weight excluding hydrogens is 278 g/mol. The molecule has 1 radical (unpaired) electrons. The molecule has 1 heterocycles. The first-order chi connectivity index (χ1) is 10.2. The molecule has 117 valence electrons. The Morgan fingerprint density at radius 1 is 1.18 bits per heavy atom. The summed E-state index contributed by atoms with van der Waals surface area (Å²) in [6.45, 7) is 7.51. The van der Waals surface area contributed by atoms with Crippen molar-refractivity contribution in [2.45, 2.75) is 57.7 Å². The molecule has 0 bridgehead atoms. The van der Waals surface area contributed by atoms with E-state index in [9.17, 15) is 10.0 Å². The first-order valence-corrected chi connectivity index (χ1v) is 7.41. The number of rotatable bonds is 2. The third-order valence-corrected chi connectivity index (χ3v) is 4.11. The van der Waals surface area contributed by atoms with Gasteiger partial charge in [-0.25, -0.2) is 4.79 Å². The molecule has 0 N–H and O–H groups in total. The zero-order valence-corrected chi connectivity index (χ0v) is 13.6. The van der Waals surface area contributed by atoms with Crippen LogP contribution in [0.3, 0.4) is 0 Å². The predicted molar refractivity (Wildman–Crippen MR) is 83.5 cm³/mol. The van der Waals surface area contributed by atoms with E-state index in [4.69, 9.17) is 11.2 Å². The van der Waals surface area contributed by atoms with Gasteiger partial charge in [0.2, 0.25) is 0 Å². The summed E-state index contributed by atoms with van der Waals surface area (Å²) in [4.78, 5) is 12.3. The van der Waals surface area contributed by atoms with E-state index in [2.05, 4.69) is 5.92 Å². The molecule has 1 aliphatic heterocycles. The fourth-order valence-electron chi connectivity index (χ4n) is 3.18. The molecular formula is C18H22NO3. The number of piperidine rings is 1. The predicted octanol–water partition coefficient (Wildman–Crippen LogP) is 3.19. The SMILES string of the molecule is C#Cc1ccc(C(=O)OC2CC(C)(C)N([O])C(C)(C)C2)cc1. The Morgan fingerprint density at radius 2 is 1.68 bits per heavy atom. The highest BCUT2D eigenvalue weighted by molar-refractivity contribution is 5.89. The van der Waals surface area contributed by atoms with Crippen LogP contribution in [0.5, 0.6) is 0 Å². The Labute approximate surface area is 132 Å². The van der Waals surface area contributed by atoms with Crippen LogP contribution in [0.4, 0.5) is 0 Å². The zero-order chi connectivity index (χ0) is 16.5. The number of terminal acetylenes is 1. The van der Waals surface area contributed by atoms with Crippen molar-refractivity contribution in [1.82, 2.24) is 5.06 Å². The Bertz CT molecular complexity index is 578. The van der Waals surface area contributed by atoms with Gasteiger partial charge in [0.25, 0.3) is 0 Å². The molecule has 4 heteroatoms. The van der Waals surface area contributed by atoms with Crippen LogP contribution in [0.1, 0.15) is 56.5 Å².